The highest BCUT2D eigenvalue weighted by Gasteiger charge is 2.47. The summed E-state index contributed by atoms with van der Waals surface area (Å²) in [5.74, 6) is -0.671. The number of carboxylic acids is 1. The molecule has 0 radical (unpaired) electrons. The summed E-state index contributed by atoms with van der Waals surface area (Å²) < 4.78 is 15.2. The van der Waals surface area contributed by atoms with Crippen LogP contribution in [0.3, 0.4) is 0 Å². The molecule has 1 heterocycles. The molecule has 3 rings (SSSR count). The van der Waals surface area contributed by atoms with Crippen LogP contribution in [0, 0.1) is 11.7 Å². The minimum absolute atomic E-state index is 0.0297. The fourth-order valence-corrected chi connectivity index (χ4v) is 2.48. The van der Waals surface area contributed by atoms with Gasteiger partial charge in [0.1, 0.15) is 11.6 Å². The Morgan fingerprint density at radius 2 is 2.39 bits per heavy atom. The maximum atomic E-state index is 13.2. The van der Waals surface area contributed by atoms with Crippen LogP contribution in [0.4, 0.5) is 4.39 Å². The van der Waals surface area contributed by atoms with E-state index in [1.807, 2.05) is 11.5 Å². The van der Waals surface area contributed by atoms with E-state index in [9.17, 15) is 9.18 Å². The molecule has 2 atom stereocenters. The largest absolute Gasteiger partial charge is 0.481 e. The Morgan fingerprint density at radius 1 is 1.61 bits per heavy atom. The van der Waals surface area contributed by atoms with Crippen LogP contribution >= 0.6 is 0 Å². The Kier molecular flexibility index (Phi) is 2.36. The first-order valence-electron chi connectivity index (χ1n) is 6.00. The molecule has 1 aliphatic carbocycles. The van der Waals surface area contributed by atoms with Gasteiger partial charge in [-0.05, 0) is 31.5 Å². The number of carboxylic acid groups (broad SMARTS) is 1. The Bertz CT molecular complexity index is 635. The van der Waals surface area contributed by atoms with Gasteiger partial charge in [-0.3, -0.25) is 4.79 Å². The summed E-state index contributed by atoms with van der Waals surface area (Å²) in [5.41, 5.74) is 1.47. The summed E-state index contributed by atoms with van der Waals surface area (Å²) in [6, 6.07) is 4.46. The summed E-state index contributed by atoms with van der Waals surface area (Å²) in [5, 5.41) is 8.97. The lowest BCUT2D eigenvalue weighted by Crippen LogP contribution is -2.04. The van der Waals surface area contributed by atoms with Crippen molar-refractivity contribution in [1.29, 1.82) is 0 Å². The minimum atomic E-state index is -0.777. The van der Waals surface area contributed by atoms with Gasteiger partial charge < -0.3 is 9.67 Å². The monoisotopic (exact) mass is 248 g/mol. The van der Waals surface area contributed by atoms with E-state index in [1.165, 1.54) is 12.1 Å². The normalized spacial score (nSPS) is 22.3. The van der Waals surface area contributed by atoms with Crippen LogP contribution in [0.25, 0.3) is 11.0 Å². The summed E-state index contributed by atoms with van der Waals surface area (Å²) in [6.45, 7) is 2.62. The summed E-state index contributed by atoms with van der Waals surface area (Å²) >= 11 is 0. The third kappa shape index (κ3) is 1.58. The van der Waals surface area contributed by atoms with Gasteiger partial charge in [0, 0.05) is 12.5 Å². The number of imidazole rings is 1. The van der Waals surface area contributed by atoms with Gasteiger partial charge in [-0.1, -0.05) is 0 Å². The lowest BCUT2D eigenvalue weighted by atomic mass is 10.3. The van der Waals surface area contributed by atoms with Crippen molar-refractivity contribution in [1.82, 2.24) is 9.55 Å². The third-order valence-corrected chi connectivity index (χ3v) is 3.50. The number of hydrogen-bond donors (Lipinski definition) is 1. The van der Waals surface area contributed by atoms with Crippen LogP contribution in [0.5, 0.6) is 0 Å². The molecule has 5 heteroatoms. The molecule has 1 aromatic carbocycles. The number of nitrogens with zero attached hydrogens (tertiary/aromatic N) is 2. The molecule has 4 nitrogen and oxygen atoms in total. The number of hydrogen-bond acceptors (Lipinski definition) is 2. The van der Waals surface area contributed by atoms with Gasteiger partial charge in [-0.2, -0.15) is 0 Å². The predicted octanol–water partition coefficient (Wildman–Crippen LogP) is 2.38. The van der Waals surface area contributed by atoms with E-state index in [2.05, 4.69) is 4.98 Å². The molecule has 0 spiro atoms. The fraction of sp³-hybridized carbons (Fsp3) is 0.385. The molecule has 0 amide bonds. The van der Waals surface area contributed by atoms with Gasteiger partial charge in [0.25, 0.3) is 0 Å². The Morgan fingerprint density at radius 3 is 3.00 bits per heavy atom. The highest BCUT2D eigenvalue weighted by molar-refractivity contribution is 5.78. The van der Waals surface area contributed by atoms with E-state index in [0.29, 0.717) is 13.0 Å². The average molecular weight is 248 g/mol. The minimum Gasteiger partial charge on any atom is -0.481 e. The molecule has 94 valence electrons. The molecule has 18 heavy (non-hydrogen) atoms. The molecular formula is C13H13FN2O2. The highest BCUT2D eigenvalue weighted by Crippen LogP contribution is 2.47. The van der Waals surface area contributed by atoms with Crippen molar-refractivity contribution in [3.05, 3.63) is 29.8 Å². The Labute approximate surface area is 103 Å². The second-order valence-electron chi connectivity index (χ2n) is 4.63. The predicted molar refractivity (Wildman–Crippen MR) is 63.8 cm³/mol. The number of aliphatic carboxylic acids is 1. The van der Waals surface area contributed by atoms with E-state index in [0.717, 1.165) is 16.9 Å². The Balaban J connectivity index is 2.10. The van der Waals surface area contributed by atoms with Gasteiger partial charge in [0.2, 0.25) is 0 Å². The zero-order valence-corrected chi connectivity index (χ0v) is 9.93. The SMILES string of the molecule is CCn1c(C2CC2C(=O)O)nc2ccc(F)cc21. The topological polar surface area (TPSA) is 55.1 Å². The number of benzene rings is 1. The van der Waals surface area contributed by atoms with Crippen LogP contribution in [0.2, 0.25) is 0 Å². The standard InChI is InChI=1S/C13H13FN2O2/c1-2-16-11-5-7(14)3-4-10(11)15-12(16)8-6-9(8)13(17)18/h3-5,8-9H,2,6H2,1H3,(H,17,18). The number of fused-ring (bicyclic) bond motifs is 1. The summed E-state index contributed by atoms with van der Waals surface area (Å²) in [4.78, 5) is 15.4. The van der Waals surface area contributed by atoms with E-state index in [1.54, 1.807) is 6.07 Å². The molecular weight excluding hydrogens is 235 g/mol. The Hall–Kier alpha value is -1.91. The van der Waals surface area contributed by atoms with E-state index >= 15 is 0 Å². The molecule has 1 aromatic heterocycles. The smallest absolute Gasteiger partial charge is 0.307 e. The first kappa shape index (κ1) is 11.2. The van der Waals surface area contributed by atoms with Crippen molar-refractivity contribution in [2.24, 2.45) is 5.92 Å². The molecule has 1 saturated carbocycles. The molecule has 2 aromatic rings. The van der Waals surface area contributed by atoms with Gasteiger partial charge in [0.15, 0.2) is 0 Å². The second-order valence-corrected chi connectivity index (χ2v) is 4.63. The fourth-order valence-electron chi connectivity index (χ4n) is 2.48. The average Bonchev–Trinajstić information content (AvgIpc) is 3.05. The number of carbonyl (C=O) groups is 1. The number of rotatable bonds is 3. The van der Waals surface area contributed by atoms with Gasteiger partial charge >= 0.3 is 5.97 Å². The van der Waals surface area contributed by atoms with Gasteiger partial charge in [-0.25, -0.2) is 9.37 Å². The highest BCUT2D eigenvalue weighted by atomic mass is 19.1. The van der Waals surface area contributed by atoms with Crippen LogP contribution in [0.15, 0.2) is 18.2 Å². The third-order valence-electron chi connectivity index (χ3n) is 3.50. The summed E-state index contributed by atoms with van der Waals surface area (Å²) in [7, 11) is 0. The molecule has 0 saturated heterocycles. The molecule has 1 aliphatic rings. The number of halogens is 1. The quantitative estimate of drug-likeness (QED) is 0.907. The second kappa shape index (κ2) is 3.80. The van der Waals surface area contributed by atoms with Crippen molar-refractivity contribution in [2.45, 2.75) is 25.8 Å². The molecule has 0 aliphatic heterocycles. The molecule has 1 N–H and O–H groups in total. The number of aryl methyl sites for hydroxylation is 1. The maximum absolute atomic E-state index is 13.2. The molecule has 2 unspecified atom stereocenters. The van der Waals surface area contributed by atoms with Crippen molar-refractivity contribution >= 4 is 17.0 Å². The first-order valence-corrected chi connectivity index (χ1v) is 6.00. The lowest BCUT2D eigenvalue weighted by molar-refractivity contribution is -0.138. The van der Waals surface area contributed by atoms with Gasteiger partial charge in [-0.15, -0.1) is 0 Å². The first-order chi connectivity index (χ1) is 8.61. The van der Waals surface area contributed by atoms with Crippen molar-refractivity contribution in [2.75, 3.05) is 0 Å². The van der Waals surface area contributed by atoms with Crippen molar-refractivity contribution < 1.29 is 14.3 Å². The lowest BCUT2D eigenvalue weighted by Gasteiger charge is -2.04. The zero-order chi connectivity index (χ0) is 12.9. The summed E-state index contributed by atoms with van der Waals surface area (Å²) in [6.07, 6.45) is 0.626. The van der Waals surface area contributed by atoms with E-state index in [4.69, 9.17) is 5.11 Å². The van der Waals surface area contributed by atoms with Crippen LogP contribution in [-0.4, -0.2) is 20.6 Å². The van der Waals surface area contributed by atoms with Crippen molar-refractivity contribution in [3.8, 4) is 0 Å². The van der Waals surface area contributed by atoms with Gasteiger partial charge in [0.05, 0.1) is 17.0 Å². The maximum Gasteiger partial charge on any atom is 0.307 e. The van der Waals surface area contributed by atoms with Crippen molar-refractivity contribution in [3.63, 3.8) is 0 Å². The molecule has 0 bridgehead atoms. The zero-order valence-electron chi connectivity index (χ0n) is 9.93. The van der Waals surface area contributed by atoms with Crippen LogP contribution in [0.1, 0.15) is 25.1 Å². The van der Waals surface area contributed by atoms with Crippen LogP contribution in [-0.2, 0) is 11.3 Å². The van der Waals surface area contributed by atoms with E-state index in [-0.39, 0.29) is 17.7 Å². The van der Waals surface area contributed by atoms with E-state index < -0.39 is 5.97 Å². The molecule has 1 fully saturated rings. The number of aromatic nitrogens is 2. The van der Waals surface area contributed by atoms with Crippen LogP contribution < -0.4 is 0 Å².